The van der Waals surface area contributed by atoms with Gasteiger partial charge in [-0.3, -0.25) is 9.59 Å². The van der Waals surface area contributed by atoms with Gasteiger partial charge in [0.15, 0.2) is 0 Å². The SMILES string of the molecule is CC(=O)N(CCC(=O)Nc1ccc(C)cc1)c1ccc(F)cc1. The topological polar surface area (TPSA) is 49.4 Å². The molecular weight excluding hydrogens is 295 g/mol. The van der Waals surface area contributed by atoms with Gasteiger partial charge in [-0.15, -0.1) is 0 Å². The molecule has 0 saturated carbocycles. The van der Waals surface area contributed by atoms with Crippen LogP contribution >= 0.6 is 0 Å². The molecule has 120 valence electrons. The van der Waals surface area contributed by atoms with Crippen LogP contribution in [0, 0.1) is 12.7 Å². The van der Waals surface area contributed by atoms with Gasteiger partial charge in [0.05, 0.1) is 0 Å². The standard InChI is InChI=1S/C18H19FN2O2/c1-13-3-7-16(8-4-13)20-18(23)11-12-21(14(2)22)17-9-5-15(19)6-10-17/h3-10H,11-12H2,1-2H3,(H,20,23). The summed E-state index contributed by atoms with van der Waals surface area (Å²) in [4.78, 5) is 25.2. The van der Waals surface area contributed by atoms with Gasteiger partial charge in [0, 0.05) is 31.3 Å². The molecule has 4 nitrogen and oxygen atoms in total. The molecule has 0 aliphatic carbocycles. The van der Waals surface area contributed by atoms with Crippen LogP contribution in [0.3, 0.4) is 0 Å². The third-order valence-electron chi connectivity index (χ3n) is 3.42. The largest absolute Gasteiger partial charge is 0.326 e. The first-order chi connectivity index (χ1) is 11.0. The third kappa shape index (κ3) is 4.92. The monoisotopic (exact) mass is 314 g/mol. The maximum atomic E-state index is 13.0. The van der Waals surface area contributed by atoms with Crippen molar-refractivity contribution in [3.63, 3.8) is 0 Å². The van der Waals surface area contributed by atoms with Crippen LogP contribution < -0.4 is 10.2 Å². The van der Waals surface area contributed by atoms with Crippen LogP contribution in [-0.2, 0) is 9.59 Å². The highest BCUT2D eigenvalue weighted by atomic mass is 19.1. The lowest BCUT2D eigenvalue weighted by molar-refractivity contribution is -0.117. The van der Waals surface area contributed by atoms with Crippen molar-refractivity contribution in [3.8, 4) is 0 Å². The van der Waals surface area contributed by atoms with E-state index >= 15 is 0 Å². The average Bonchev–Trinajstić information content (AvgIpc) is 2.51. The first-order valence-electron chi connectivity index (χ1n) is 7.36. The Bertz CT molecular complexity index is 681. The fraction of sp³-hybridized carbons (Fsp3) is 0.222. The minimum Gasteiger partial charge on any atom is -0.326 e. The average molecular weight is 314 g/mol. The summed E-state index contributed by atoms with van der Waals surface area (Å²) in [7, 11) is 0. The molecule has 2 rings (SSSR count). The maximum absolute atomic E-state index is 13.0. The van der Waals surface area contributed by atoms with Gasteiger partial charge in [-0.05, 0) is 43.3 Å². The zero-order valence-electron chi connectivity index (χ0n) is 13.2. The van der Waals surface area contributed by atoms with Crippen molar-refractivity contribution in [3.05, 3.63) is 59.9 Å². The second-order valence-electron chi connectivity index (χ2n) is 5.31. The summed E-state index contributed by atoms with van der Waals surface area (Å²) in [6.45, 7) is 3.62. The number of amides is 2. The van der Waals surface area contributed by atoms with E-state index in [1.165, 1.54) is 36.1 Å². The number of carbonyl (C=O) groups is 2. The van der Waals surface area contributed by atoms with Crippen molar-refractivity contribution in [2.45, 2.75) is 20.3 Å². The van der Waals surface area contributed by atoms with Gasteiger partial charge in [-0.25, -0.2) is 4.39 Å². The summed E-state index contributed by atoms with van der Waals surface area (Å²) in [5.74, 6) is -0.740. The quantitative estimate of drug-likeness (QED) is 0.918. The Morgan fingerprint density at radius 2 is 1.65 bits per heavy atom. The van der Waals surface area contributed by atoms with Crippen molar-refractivity contribution in [2.75, 3.05) is 16.8 Å². The van der Waals surface area contributed by atoms with E-state index in [-0.39, 0.29) is 30.6 Å². The van der Waals surface area contributed by atoms with Crippen LogP contribution in [0.15, 0.2) is 48.5 Å². The van der Waals surface area contributed by atoms with Gasteiger partial charge in [0.1, 0.15) is 5.82 Å². The van der Waals surface area contributed by atoms with Crippen molar-refractivity contribution in [2.24, 2.45) is 0 Å². The number of halogens is 1. The van der Waals surface area contributed by atoms with Crippen LogP contribution in [0.4, 0.5) is 15.8 Å². The highest BCUT2D eigenvalue weighted by Crippen LogP contribution is 2.16. The van der Waals surface area contributed by atoms with E-state index in [9.17, 15) is 14.0 Å². The lowest BCUT2D eigenvalue weighted by atomic mass is 10.2. The van der Waals surface area contributed by atoms with Gasteiger partial charge in [0.25, 0.3) is 0 Å². The lowest BCUT2D eigenvalue weighted by Gasteiger charge is -2.21. The molecule has 23 heavy (non-hydrogen) atoms. The summed E-state index contributed by atoms with van der Waals surface area (Å²) < 4.78 is 13.0. The molecule has 5 heteroatoms. The molecule has 2 amide bonds. The lowest BCUT2D eigenvalue weighted by Crippen LogP contribution is -2.31. The van der Waals surface area contributed by atoms with Gasteiger partial charge in [-0.2, -0.15) is 0 Å². The maximum Gasteiger partial charge on any atom is 0.226 e. The molecule has 0 atom stereocenters. The fourth-order valence-corrected chi connectivity index (χ4v) is 2.16. The molecule has 0 unspecified atom stereocenters. The summed E-state index contributed by atoms with van der Waals surface area (Å²) in [5, 5.41) is 2.79. The number of benzene rings is 2. The Hall–Kier alpha value is -2.69. The van der Waals surface area contributed by atoms with Crippen molar-refractivity contribution < 1.29 is 14.0 Å². The zero-order valence-corrected chi connectivity index (χ0v) is 13.2. The van der Waals surface area contributed by atoms with Crippen LogP contribution in [0.25, 0.3) is 0 Å². The normalized spacial score (nSPS) is 10.2. The Morgan fingerprint density at radius 3 is 2.22 bits per heavy atom. The van der Waals surface area contributed by atoms with E-state index in [0.29, 0.717) is 5.69 Å². The van der Waals surface area contributed by atoms with Gasteiger partial charge in [0.2, 0.25) is 11.8 Å². The molecule has 2 aromatic rings. The number of nitrogens with zero attached hydrogens (tertiary/aromatic N) is 1. The number of hydrogen-bond donors (Lipinski definition) is 1. The molecule has 0 radical (unpaired) electrons. The molecule has 0 aromatic heterocycles. The molecule has 0 saturated heterocycles. The van der Waals surface area contributed by atoms with E-state index in [2.05, 4.69) is 5.32 Å². The minimum atomic E-state index is -0.366. The number of carbonyl (C=O) groups excluding carboxylic acids is 2. The second-order valence-corrected chi connectivity index (χ2v) is 5.31. The fourth-order valence-electron chi connectivity index (χ4n) is 2.16. The first-order valence-corrected chi connectivity index (χ1v) is 7.36. The van der Waals surface area contributed by atoms with E-state index in [4.69, 9.17) is 0 Å². The van der Waals surface area contributed by atoms with E-state index in [1.54, 1.807) is 0 Å². The molecule has 1 N–H and O–H groups in total. The van der Waals surface area contributed by atoms with Crippen LogP contribution in [0.2, 0.25) is 0 Å². The van der Waals surface area contributed by atoms with Gasteiger partial charge in [-0.1, -0.05) is 17.7 Å². The molecule has 0 spiro atoms. The number of aryl methyl sites for hydroxylation is 1. The molecule has 0 bridgehead atoms. The highest BCUT2D eigenvalue weighted by Gasteiger charge is 2.13. The summed E-state index contributed by atoms with van der Waals surface area (Å²) in [6.07, 6.45) is 0.158. The van der Waals surface area contributed by atoms with Crippen LogP contribution in [0.1, 0.15) is 18.9 Å². The summed E-state index contributed by atoms with van der Waals surface area (Å²) in [6, 6.07) is 13.1. The summed E-state index contributed by atoms with van der Waals surface area (Å²) in [5.41, 5.74) is 2.40. The Balaban J connectivity index is 1.95. The third-order valence-corrected chi connectivity index (χ3v) is 3.42. The van der Waals surface area contributed by atoms with Gasteiger partial charge >= 0.3 is 0 Å². The van der Waals surface area contributed by atoms with E-state index < -0.39 is 0 Å². The minimum absolute atomic E-state index is 0.158. The molecule has 0 fully saturated rings. The van der Waals surface area contributed by atoms with Crippen molar-refractivity contribution >= 4 is 23.2 Å². The molecule has 0 aliphatic rings. The van der Waals surface area contributed by atoms with E-state index in [1.807, 2.05) is 31.2 Å². The number of anilines is 2. The number of nitrogens with one attached hydrogen (secondary N) is 1. The number of hydrogen-bond acceptors (Lipinski definition) is 2. The zero-order chi connectivity index (χ0) is 16.8. The predicted molar refractivity (Wildman–Crippen MR) is 88.9 cm³/mol. The predicted octanol–water partition coefficient (Wildman–Crippen LogP) is 3.52. The van der Waals surface area contributed by atoms with E-state index in [0.717, 1.165) is 11.3 Å². The van der Waals surface area contributed by atoms with Crippen molar-refractivity contribution in [1.82, 2.24) is 0 Å². The molecule has 0 heterocycles. The number of rotatable bonds is 5. The van der Waals surface area contributed by atoms with Crippen LogP contribution in [0.5, 0.6) is 0 Å². The molecular formula is C18H19FN2O2. The molecule has 2 aromatic carbocycles. The molecule has 0 aliphatic heterocycles. The Kier molecular flexibility index (Phi) is 5.46. The van der Waals surface area contributed by atoms with Gasteiger partial charge < -0.3 is 10.2 Å². The smallest absolute Gasteiger partial charge is 0.226 e. The highest BCUT2D eigenvalue weighted by molar-refractivity contribution is 5.94. The first kappa shape index (κ1) is 16.7. The van der Waals surface area contributed by atoms with Crippen molar-refractivity contribution in [1.29, 1.82) is 0 Å². The summed E-state index contributed by atoms with van der Waals surface area (Å²) >= 11 is 0. The Morgan fingerprint density at radius 1 is 1.04 bits per heavy atom. The van der Waals surface area contributed by atoms with Crippen LogP contribution in [-0.4, -0.2) is 18.4 Å². The Labute approximate surface area is 134 Å². The second kappa shape index (κ2) is 7.54.